The van der Waals surface area contributed by atoms with Gasteiger partial charge in [0.05, 0.1) is 11.6 Å². The van der Waals surface area contributed by atoms with E-state index in [1.54, 1.807) is 0 Å². The summed E-state index contributed by atoms with van der Waals surface area (Å²) in [7, 11) is 0. The maximum absolute atomic E-state index is 11.7. The van der Waals surface area contributed by atoms with Crippen LogP contribution in [0.3, 0.4) is 0 Å². The lowest BCUT2D eigenvalue weighted by molar-refractivity contribution is -0.119. The predicted octanol–water partition coefficient (Wildman–Crippen LogP) is 1.58. The van der Waals surface area contributed by atoms with E-state index in [-0.39, 0.29) is 25.0 Å². The normalized spacial score (nSPS) is 20.7. The number of ether oxygens (including phenoxy) is 1. The molecule has 0 spiro atoms. The van der Waals surface area contributed by atoms with Crippen molar-refractivity contribution in [3.8, 4) is 0 Å². The van der Waals surface area contributed by atoms with Crippen LogP contribution in [-0.2, 0) is 16.1 Å². The van der Waals surface area contributed by atoms with Crippen molar-refractivity contribution in [3.05, 3.63) is 35.9 Å². The number of alkyl carbamates (subject to hydrolysis) is 1. The number of nitrogens with one attached hydrogen (secondary N) is 2. The maximum Gasteiger partial charge on any atom is 0.407 e. The highest BCUT2D eigenvalue weighted by atomic mass is 16.5. The molecule has 102 valence electrons. The van der Waals surface area contributed by atoms with Gasteiger partial charge in [0.2, 0.25) is 5.91 Å². The third-order valence-electron chi connectivity index (χ3n) is 3.23. The van der Waals surface area contributed by atoms with Gasteiger partial charge in [0.1, 0.15) is 6.61 Å². The molecule has 1 aliphatic rings. The molecule has 0 bridgehead atoms. The van der Waals surface area contributed by atoms with Crippen LogP contribution in [0.1, 0.15) is 25.8 Å². The molecule has 1 saturated heterocycles. The maximum atomic E-state index is 11.7. The van der Waals surface area contributed by atoms with Gasteiger partial charge in [0.15, 0.2) is 0 Å². The first kappa shape index (κ1) is 13.4. The topological polar surface area (TPSA) is 67.4 Å². The highest BCUT2D eigenvalue weighted by Crippen LogP contribution is 2.19. The highest BCUT2D eigenvalue weighted by molar-refractivity contribution is 5.82. The third kappa shape index (κ3) is 3.47. The van der Waals surface area contributed by atoms with Gasteiger partial charge in [0, 0.05) is 6.42 Å². The molecule has 19 heavy (non-hydrogen) atoms. The fraction of sp³-hybridized carbons (Fsp3) is 0.429. The van der Waals surface area contributed by atoms with E-state index in [0.717, 1.165) is 5.56 Å². The summed E-state index contributed by atoms with van der Waals surface area (Å²) in [6.45, 7) is 3.97. The van der Waals surface area contributed by atoms with Crippen molar-refractivity contribution in [3.63, 3.8) is 0 Å². The van der Waals surface area contributed by atoms with Crippen LogP contribution < -0.4 is 10.6 Å². The first-order chi connectivity index (χ1) is 8.97. The molecule has 1 fully saturated rings. The Morgan fingerprint density at radius 3 is 2.68 bits per heavy atom. The number of amides is 2. The average Bonchev–Trinajstić information content (AvgIpc) is 2.61. The molecule has 1 aromatic carbocycles. The molecule has 0 aliphatic carbocycles. The van der Waals surface area contributed by atoms with Crippen molar-refractivity contribution in [1.82, 2.24) is 10.6 Å². The monoisotopic (exact) mass is 262 g/mol. The molecule has 1 heterocycles. The molecular formula is C14H18N2O3. The summed E-state index contributed by atoms with van der Waals surface area (Å²) >= 11 is 0. The molecule has 2 amide bonds. The summed E-state index contributed by atoms with van der Waals surface area (Å²) in [5, 5.41) is 5.54. The fourth-order valence-electron chi connectivity index (χ4n) is 2.08. The molecule has 1 unspecified atom stereocenters. The SMILES string of the molecule is CC1(C)NC(=O)CC1NC(=O)OCc1ccccc1. The van der Waals surface area contributed by atoms with E-state index in [2.05, 4.69) is 10.6 Å². The molecule has 5 nitrogen and oxygen atoms in total. The molecule has 1 atom stereocenters. The van der Waals surface area contributed by atoms with Gasteiger partial charge in [-0.3, -0.25) is 4.79 Å². The second-order valence-corrected chi connectivity index (χ2v) is 5.23. The van der Waals surface area contributed by atoms with Crippen LogP contribution in [0.25, 0.3) is 0 Å². The largest absolute Gasteiger partial charge is 0.445 e. The van der Waals surface area contributed by atoms with E-state index in [9.17, 15) is 9.59 Å². The molecule has 0 saturated carbocycles. The highest BCUT2D eigenvalue weighted by Gasteiger charge is 2.40. The number of carbonyl (C=O) groups is 2. The van der Waals surface area contributed by atoms with Gasteiger partial charge in [-0.05, 0) is 19.4 Å². The Hall–Kier alpha value is -2.04. The van der Waals surface area contributed by atoms with Gasteiger partial charge in [0.25, 0.3) is 0 Å². The Morgan fingerprint density at radius 2 is 2.11 bits per heavy atom. The average molecular weight is 262 g/mol. The summed E-state index contributed by atoms with van der Waals surface area (Å²) < 4.78 is 5.13. The van der Waals surface area contributed by atoms with Gasteiger partial charge >= 0.3 is 6.09 Å². The zero-order chi connectivity index (χ0) is 13.9. The van der Waals surface area contributed by atoms with Crippen molar-refractivity contribution < 1.29 is 14.3 Å². The Labute approximate surface area is 112 Å². The second-order valence-electron chi connectivity index (χ2n) is 5.23. The lowest BCUT2D eigenvalue weighted by Gasteiger charge is -2.26. The second kappa shape index (κ2) is 5.30. The van der Waals surface area contributed by atoms with Crippen molar-refractivity contribution in [2.24, 2.45) is 0 Å². The quantitative estimate of drug-likeness (QED) is 0.869. The zero-order valence-corrected chi connectivity index (χ0v) is 11.1. The Morgan fingerprint density at radius 1 is 1.42 bits per heavy atom. The lowest BCUT2D eigenvalue weighted by Crippen LogP contribution is -2.51. The van der Waals surface area contributed by atoms with Crippen LogP contribution in [0.2, 0.25) is 0 Å². The number of benzene rings is 1. The summed E-state index contributed by atoms with van der Waals surface area (Å²) in [6, 6.07) is 9.21. The fourth-order valence-corrected chi connectivity index (χ4v) is 2.08. The van der Waals surface area contributed by atoms with Crippen LogP contribution in [0.15, 0.2) is 30.3 Å². The lowest BCUT2D eigenvalue weighted by atomic mass is 9.97. The first-order valence-corrected chi connectivity index (χ1v) is 6.25. The van der Waals surface area contributed by atoms with E-state index >= 15 is 0 Å². The summed E-state index contributed by atoms with van der Waals surface area (Å²) in [4.78, 5) is 23.0. The molecule has 5 heteroatoms. The molecule has 0 aromatic heterocycles. The van der Waals surface area contributed by atoms with Gasteiger partial charge in [-0.15, -0.1) is 0 Å². The van der Waals surface area contributed by atoms with Crippen molar-refractivity contribution in [1.29, 1.82) is 0 Å². The zero-order valence-electron chi connectivity index (χ0n) is 11.1. The van der Waals surface area contributed by atoms with Gasteiger partial charge in [-0.2, -0.15) is 0 Å². The van der Waals surface area contributed by atoms with E-state index < -0.39 is 11.6 Å². The molecule has 0 radical (unpaired) electrons. The number of hydrogen-bond acceptors (Lipinski definition) is 3. The summed E-state index contributed by atoms with van der Waals surface area (Å²) in [5.74, 6) is -0.0571. The predicted molar refractivity (Wildman–Crippen MR) is 70.4 cm³/mol. The smallest absolute Gasteiger partial charge is 0.407 e. The van der Waals surface area contributed by atoms with E-state index in [0.29, 0.717) is 0 Å². The Kier molecular flexibility index (Phi) is 3.74. The van der Waals surface area contributed by atoms with Crippen molar-refractivity contribution in [2.75, 3.05) is 0 Å². The minimum Gasteiger partial charge on any atom is -0.445 e. The number of hydrogen-bond donors (Lipinski definition) is 2. The summed E-state index contributed by atoms with van der Waals surface area (Å²) in [6.07, 6.45) is -0.216. The van der Waals surface area contributed by atoms with Crippen molar-refractivity contribution >= 4 is 12.0 Å². The van der Waals surface area contributed by atoms with Gasteiger partial charge < -0.3 is 15.4 Å². The minimum atomic E-state index is -0.501. The molecule has 2 rings (SSSR count). The van der Waals surface area contributed by atoms with E-state index in [4.69, 9.17) is 4.74 Å². The molecule has 1 aromatic rings. The van der Waals surface area contributed by atoms with Crippen molar-refractivity contribution in [2.45, 2.75) is 38.5 Å². The number of carbonyl (C=O) groups excluding carboxylic acids is 2. The van der Waals surface area contributed by atoms with E-state index in [1.807, 2.05) is 44.2 Å². The minimum absolute atomic E-state index is 0.0571. The first-order valence-electron chi connectivity index (χ1n) is 6.25. The van der Waals surface area contributed by atoms with E-state index in [1.165, 1.54) is 0 Å². The van der Waals surface area contributed by atoms with Crippen LogP contribution in [-0.4, -0.2) is 23.6 Å². The van der Waals surface area contributed by atoms with Gasteiger partial charge in [-0.25, -0.2) is 4.79 Å². The van der Waals surface area contributed by atoms with Crippen LogP contribution in [0.4, 0.5) is 4.79 Å². The Balaban J connectivity index is 1.83. The Bertz CT molecular complexity index is 471. The molecule has 2 N–H and O–H groups in total. The molecular weight excluding hydrogens is 244 g/mol. The standard InChI is InChI=1S/C14H18N2O3/c1-14(2)11(8-12(17)16-14)15-13(18)19-9-10-6-4-3-5-7-10/h3-7,11H,8-9H2,1-2H3,(H,15,18)(H,16,17). The third-order valence-corrected chi connectivity index (χ3v) is 3.23. The van der Waals surface area contributed by atoms with Crippen LogP contribution in [0.5, 0.6) is 0 Å². The summed E-state index contributed by atoms with van der Waals surface area (Å²) in [5.41, 5.74) is 0.487. The number of rotatable bonds is 3. The molecule has 1 aliphatic heterocycles. The van der Waals surface area contributed by atoms with Crippen LogP contribution in [0, 0.1) is 0 Å². The van der Waals surface area contributed by atoms with Gasteiger partial charge in [-0.1, -0.05) is 30.3 Å². The van der Waals surface area contributed by atoms with Crippen LogP contribution >= 0.6 is 0 Å².